The molecule has 2 aliphatic rings. The van der Waals surface area contributed by atoms with Crippen molar-refractivity contribution in [3.05, 3.63) is 18.2 Å². The van der Waals surface area contributed by atoms with Crippen LogP contribution in [-0.2, 0) is 0 Å². The van der Waals surface area contributed by atoms with Crippen molar-refractivity contribution in [3.63, 3.8) is 0 Å². The molecule has 4 rings (SSSR count). The maximum absolute atomic E-state index is 5.89. The first-order valence-electron chi connectivity index (χ1n) is 7.84. The summed E-state index contributed by atoms with van der Waals surface area (Å²) < 4.78 is 2.25. The molecule has 106 valence electrons. The molecule has 1 fully saturated rings. The molecule has 4 heteroatoms. The van der Waals surface area contributed by atoms with E-state index in [1.54, 1.807) is 0 Å². The second kappa shape index (κ2) is 4.69. The molecule has 4 nitrogen and oxygen atoms in total. The smallest absolute Gasteiger partial charge is 0.132 e. The average molecular weight is 270 g/mol. The van der Waals surface area contributed by atoms with Crippen LogP contribution in [0.3, 0.4) is 0 Å². The van der Waals surface area contributed by atoms with Gasteiger partial charge < -0.3 is 11.1 Å². The van der Waals surface area contributed by atoms with Gasteiger partial charge >= 0.3 is 0 Å². The van der Waals surface area contributed by atoms with Crippen LogP contribution < -0.4 is 11.1 Å². The van der Waals surface area contributed by atoms with Crippen molar-refractivity contribution in [1.29, 1.82) is 0 Å². The first kappa shape index (κ1) is 12.1. The Hall–Kier alpha value is -1.71. The molecule has 2 heterocycles. The number of fused-ring (bicyclic) bond motifs is 3. The van der Waals surface area contributed by atoms with Crippen molar-refractivity contribution >= 4 is 22.4 Å². The van der Waals surface area contributed by atoms with Crippen LogP contribution in [0.25, 0.3) is 10.9 Å². The number of nitrogens with two attached hydrogens (primary N) is 1. The largest absolute Gasteiger partial charge is 0.399 e. The first-order chi connectivity index (χ1) is 9.83. The lowest BCUT2D eigenvalue weighted by Crippen LogP contribution is -2.30. The molecule has 1 aromatic heterocycles. The average Bonchev–Trinajstić information content (AvgIpc) is 2.85. The molecule has 0 bridgehead atoms. The summed E-state index contributed by atoms with van der Waals surface area (Å²) in [7, 11) is 0. The highest BCUT2D eigenvalue weighted by molar-refractivity contribution is 5.92. The number of nitrogens with zero attached hydrogens (tertiary/aromatic N) is 2. The van der Waals surface area contributed by atoms with Crippen LogP contribution in [0.5, 0.6) is 0 Å². The molecule has 1 saturated carbocycles. The summed E-state index contributed by atoms with van der Waals surface area (Å²) in [6.07, 6.45) is 8.10. The summed E-state index contributed by atoms with van der Waals surface area (Å²) in [6.45, 7) is 1.06. The molecule has 20 heavy (non-hydrogen) atoms. The summed E-state index contributed by atoms with van der Waals surface area (Å²) in [5.74, 6) is 2.00. The highest BCUT2D eigenvalue weighted by atomic mass is 15.4. The summed E-state index contributed by atoms with van der Waals surface area (Å²) >= 11 is 0. The van der Waals surface area contributed by atoms with Gasteiger partial charge in [-0.1, -0.05) is 19.3 Å². The second-order valence-corrected chi connectivity index (χ2v) is 6.25. The minimum atomic E-state index is 0.570. The van der Waals surface area contributed by atoms with Gasteiger partial charge in [-0.05, 0) is 43.4 Å². The zero-order chi connectivity index (χ0) is 13.5. The van der Waals surface area contributed by atoms with Crippen molar-refractivity contribution < 1.29 is 0 Å². The highest BCUT2D eigenvalue weighted by Crippen LogP contribution is 2.40. The predicted octanol–water partition coefficient (Wildman–Crippen LogP) is 3.56. The van der Waals surface area contributed by atoms with Gasteiger partial charge in [-0.15, -0.1) is 0 Å². The Labute approximate surface area is 119 Å². The second-order valence-electron chi connectivity index (χ2n) is 6.25. The standard InChI is InChI=1S/C16H22N4/c17-12-6-7-13-14(10-12)19-20-15(8-9-18-16(13)20)11-4-2-1-3-5-11/h6-7,10-11,15,18H,1-5,8-9,17H2. The molecule has 1 aromatic carbocycles. The summed E-state index contributed by atoms with van der Waals surface area (Å²) in [5.41, 5.74) is 7.71. The third-order valence-corrected chi connectivity index (χ3v) is 4.96. The fourth-order valence-electron chi connectivity index (χ4n) is 3.95. The topological polar surface area (TPSA) is 55.9 Å². The van der Waals surface area contributed by atoms with E-state index in [0.29, 0.717) is 6.04 Å². The lowest BCUT2D eigenvalue weighted by atomic mass is 9.82. The monoisotopic (exact) mass is 270 g/mol. The molecular weight excluding hydrogens is 248 g/mol. The molecule has 1 unspecified atom stereocenters. The number of nitrogens with one attached hydrogen (secondary N) is 1. The Morgan fingerprint density at radius 2 is 2.00 bits per heavy atom. The fourth-order valence-corrected chi connectivity index (χ4v) is 3.95. The van der Waals surface area contributed by atoms with Crippen LogP contribution in [0, 0.1) is 5.92 Å². The first-order valence-corrected chi connectivity index (χ1v) is 7.84. The highest BCUT2D eigenvalue weighted by Gasteiger charge is 2.30. The SMILES string of the molecule is Nc1ccc2c3n(nc2c1)C(C1CCCCC1)CCN3. The minimum absolute atomic E-state index is 0.570. The van der Waals surface area contributed by atoms with E-state index in [2.05, 4.69) is 16.1 Å². The van der Waals surface area contributed by atoms with E-state index in [0.717, 1.165) is 23.7 Å². The van der Waals surface area contributed by atoms with Gasteiger partial charge in [0.15, 0.2) is 0 Å². The van der Waals surface area contributed by atoms with Gasteiger partial charge in [-0.3, -0.25) is 0 Å². The van der Waals surface area contributed by atoms with E-state index < -0.39 is 0 Å². The number of anilines is 2. The molecule has 1 aliphatic heterocycles. The zero-order valence-electron chi connectivity index (χ0n) is 11.8. The van der Waals surface area contributed by atoms with Gasteiger partial charge in [-0.2, -0.15) is 5.10 Å². The lowest BCUT2D eigenvalue weighted by Gasteiger charge is -2.34. The van der Waals surface area contributed by atoms with Crippen LogP contribution in [0.2, 0.25) is 0 Å². The van der Waals surface area contributed by atoms with Crippen LogP contribution in [0.4, 0.5) is 11.5 Å². The van der Waals surface area contributed by atoms with Crippen molar-refractivity contribution in [3.8, 4) is 0 Å². The number of hydrogen-bond donors (Lipinski definition) is 2. The van der Waals surface area contributed by atoms with E-state index >= 15 is 0 Å². The van der Waals surface area contributed by atoms with E-state index in [-0.39, 0.29) is 0 Å². The van der Waals surface area contributed by atoms with Crippen LogP contribution in [0.15, 0.2) is 18.2 Å². The predicted molar refractivity (Wildman–Crippen MR) is 82.9 cm³/mol. The van der Waals surface area contributed by atoms with Crippen LogP contribution in [-0.4, -0.2) is 16.3 Å². The molecule has 2 aromatic rings. The van der Waals surface area contributed by atoms with Gasteiger partial charge in [-0.25, -0.2) is 4.68 Å². The molecule has 1 aliphatic carbocycles. The summed E-state index contributed by atoms with van der Waals surface area (Å²) in [5, 5.41) is 9.59. The molecule has 0 spiro atoms. The Morgan fingerprint density at radius 1 is 1.15 bits per heavy atom. The van der Waals surface area contributed by atoms with Crippen LogP contribution in [0.1, 0.15) is 44.6 Å². The van der Waals surface area contributed by atoms with Crippen molar-refractivity contribution in [2.24, 2.45) is 5.92 Å². The molecular formula is C16H22N4. The number of aromatic nitrogens is 2. The normalized spacial score (nSPS) is 23.5. The summed E-state index contributed by atoms with van der Waals surface area (Å²) in [4.78, 5) is 0. The Morgan fingerprint density at radius 3 is 2.85 bits per heavy atom. The quantitative estimate of drug-likeness (QED) is 0.779. The Kier molecular flexibility index (Phi) is 2.83. The maximum Gasteiger partial charge on any atom is 0.132 e. The van der Waals surface area contributed by atoms with Gasteiger partial charge in [0.05, 0.1) is 11.6 Å². The van der Waals surface area contributed by atoms with E-state index in [1.807, 2.05) is 12.1 Å². The van der Waals surface area contributed by atoms with Gasteiger partial charge in [0.25, 0.3) is 0 Å². The third-order valence-electron chi connectivity index (χ3n) is 4.96. The van der Waals surface area contributed by atoms with Crippen LogP contribution >= 0.6 is 0 Å². The van der Waals surface area contributed by atoms with E-state index in [1.165, 1.54) is 49.7 Å². The van der Waals surface area contributed by atoms with Gasteiger partial charge in [0, 0.05) is 17.6 Å². The zero-order valence-corrected chi connectivity index (χ0v) is 11.8. The molecule has 0 amide bonds. The van der Waals surface area contributed by atoms with Gasteiger partial charge in [0.2, 0.25) is 0 Å². The van der Waals surface area contributed by atoms with Crippen molar-refractivity contribution in [2.75, 3.05) is 17.6 Å². The minimum Gasteiger partial charge on any atom is -0.399 e. The molecule has 1 atom stereocenters. The number of hydrogen-bond acceptors (Lipinski definition) is 3. The number of benzene rings is 1. The molecule has 0 radical (unpaired) electrons. The lowest BCUT2D eigenvalue weighted by molar-refractivity contribution is 0.223. The van der Waals surface area contributed by atoms with Crippen molar-refractivity contribution in [2.45, 2.75) is 44.6 Å². The molecule has 3 N–H and O–H groups in total. The van der Waals surface area contributed by atoms with Crippen molar-refractivity contribution in [1.82, 2.24) is 9.78 Å². The fraction of sp³-hybridized carbons (Fsp3) is 0.562. The Bertz CT molecular complexity index is 625. The molecule has 0 saturated heterocycles. The maximum atomic E-state index is 5.89. The van der Waals surface area contributed by atoms with E-state index in [4.69, 9.17) is 10.8 Å². The van der Waals surface area contributed by atoms with Gasteiger partial charge in [0.1, 0.15) is 5.82 Å². The number of rotatable bonds is 1. The third kappa shape index (κ3) is 1.86. The Balaban J connectivity index is 1.78. The number of nitrogen functional groups attached to an aromatic ring is 1. The van der Waals surface area contributed by atoms with E-state index in [9.17, 15) is 0 Å². The summed E-state index contributed by atoms with van der Waals surface area (Å²) in [6, 6.07) is 6.62.